The molecule has 1 aromatic heterocycles. The topological polar surface area (TPSA) is 55.0 Å². The number of aromatic nitrogens is 2. The summed E-state index contributed by atoms with van der Waals surface area (Å²) in [5.41, 5.74) is 1.07. The summed E-state index contributed by atoms with van der Waals surface area (Å²) in [5, 5.41) is 0. The number of alkyl halides is 3. The Bertz CT molecular complexity index is 605. The molecule has 19 heavy (non-hydrogen) atoms. The second-order valence-corrected chi connectivity index (χ2v) is 3.99. The Morgan fingerprint density at radius 2 is 2.16 bits per heavy atom. The third-order valence-corrected chi connectivity index (χ3v) is 2.61. The van der Waals surface area contributed by atoms with Crippen LogP contribution in [0.4, 0.5) is 13.2 Å². The number of halogens is 3. The number of nitrogens with zero attached hydrogens (tertiary/aromatic N) is 1. The average Bonchev–Trinajstić information content (AvgIpc) is 2.77. The molecular formula is C12H11F3N2O2. The van der Waals surface area contributed by atoms with Crippen LogP contribution in [-0.2, 0) is 11.2 Å². The number of methoxy groups -OCH3 is 1. The number of aryl methyl sites for hydroxylation is 1. The number of fused-ring (bicyclic) bond motifs is 1. The number of esters is 1. The van der Waals surface area contributed by atoms with Gasteiger partial charge in [0.15, 0.2) is 0 Å². The van der Waals surface area contributed by atoms with E-state index in [2.05, 4.69) is 14.7 Å². The highest BCUT2D eigenvalue weighted by atomic mass is 19.4. The molecule has 0 amide bonds. The zero-order chi connectivity index (χ0) is 14.0. The van der Waals surface area contributed by atoms with Gasteiger partial charge in [0.05, 0.1) is 24.6 Å². The third-order valence-electron chi connectivity index (χ3n) is 2.61. The molecule has 0 radical (unpaired) electrons. The van der Waals surface area contributed by atoms with Crippen LogP contribution in [0.25, 0.3) is 11.0 Å². The lowest BCUT2D eigenvalue weighted by Gasteiger charge is -2.02. The first-order valence-corrected chi connectivity index (χ1v) is 5.53. The minimum absolute atomic E-state index is 0.198. The van der Waals surface area contributed by atoms with Crippen molar-refractivity contribution < 1.29 is 22.7 Å². The van der Waals surface area contributed by atoms with E-state index in [-0.39, 0.29) is 17.8 Å². The number of rotatable bonds is 3. The predicted octanol–water partition coefficient (Wildman–Crippen LogP) is 2.84. The molecule has 0 unspecified atom stereocenters. The molecule has 0 fully saturated rings. The van der Waals surface area contributed by atoms with Gasteiger partial charge in [-0.2, -0.15) is 13.2 Å². The van der Waals surface area contributed by atoms with Gasteiger partial charge in [-0.3, -0.25) is 0 Å². The number of hydrogen-bond donors (Lipinski definition) is 1. The van der Waals surface area contributed by atoms with E-state index in [4.69, 9.17) is 0 Å². The normalized spacial score (nSPS) is 11.8. The molecule has 0 aliphatic rings. The largest absolute Gasteiger partial charge is 0.465 e. The van der Waals surface area contributed by atoms with Crippen molar-refractivity contribution in [1.29, 1.82) is 0 Å². The summed E-state index contributed by atoms with van der Waals surface area (Å²) in [7, 11) is 1.23. The Morgan fingerprint density at radius 3 is 2.79 bits per heavy atom. The van der Waals surface area contributed by atoms with E-state index in [1.54, 1.807) is 12.1 Å². The Hall–Kier alpha value is -2.05. The van der Waals surface area contributed by atoms with Crippen LogP contribution in [0.2, 0.25) is 0 Å². The summed E-state index contributed by atoms with van der Waals surface area (Å²) in [6.07, 6.45) is -5.44. The highest BCUT2D eigenvalue weighted by Gasteiger charge is 2.27. The van der Waals surface area contributed by atoms with Gasteiger partial charge in [-0.05, 0) is 12.1 Å². The Kier molecular flexibility index (Phi) is 3.46. The van der Waals surface area contributed by atoms with Gasteiger partial charge in [-0.25, -0.2) is 9.78 Å². The second-order valence-electron chi connectivity index (χ2n) is 3.99. The number of ether oxygens (including phenoxy) is 1. The van der Waals surface area contributed by atoms with Crippen LogP contribution >= 0.6 is 0 Å². The first-order valence-electron chi connectivity index (χ1n) is 5.53. The highest BCUT2D eigenvalue weighted by molar-refractivity contribution is 6.01. The average molecular weight is 272 g/mol. The van der Waals surface area contributed by atoms with Crippen molar-refractivity contribution in [3.8, 4) is 0 Å². The molecule has 1 N–H and O–H groups in total. The summed E-state index contributed by atoms with van der Waals surface area (Å²) < 4.78 is 41.0. The number of H-pyrrole nitrogens is 1. The van der Waals surface area contributed by atoms with Crippen LogP contribution in [0.3, 0.4) is 0 Å². The van der Waals surface area contributed by atoms with Crippen molar-refractivity contribution in [3.63, 3.8) is 0 Å². The molecule has 0 aliphatic carbocycles. The van der Waals surface area contributed by atoms with Crippen molar-refractivity contribution in [2.75, 3.05) is 7.11 Å². The van der Waals surface area contributed by atoms with Crippen molar-refractivity contribution in [3.05, 3.63) is 29.6 Å². The fraction of sp³-hybridized carbons (Fsp3) is 0.333. The molecule has 0 saturated carbocycles. The van der Waals surface area contributed by atoms with Crippen molar-refractivity contribution in [1.82, 2.24) is 9.97 Å². The molecule has 102 valence electrons. The van der Waals surface area contributed by atoms with E-state index in [1.807, 2.05) is 0 Å². The lowest BCUT2D eigenvalue weighted by Crippen LogP contribution is -2.09. The molecule has 2 aromatic rings. The van der Waals surface area contributed by atoms with Crippen LogP contribution in [-0.4, -0.2) is 29.2 Å². The fourth-order valence-corrected chi connectivity index (χ4v) is 1.74. The molecule has 0 saturated heterocycles. The smallest absolute Gasteiger partial charge is 0.389 e. The van der Waals surface area contributed by atoms with Gasteiger partial charge in [0, 0.05) is 6.42 Å². The number of benzene rings is 1. The van der Waals surface area contributed by atoms with Crippen LogP contribution in [0, 0.1) is 0 Å². The van der Waals surface area contributed by atoms with Gasteiger partial charge in [-0.15, -0.1) is 0 Å². The molecule has 0 bridgehead atoms. The maximum Gasteiger partial charge on any atom is 0.389 e. The summed E-state index contributed by atoms with van der Waals surface area (Å²) in [6.45, 7) is 0. The molecule has 0 spiro atoms. The van der Waals surface area contributed by atoms with Gasteiger partial charge in [0.2, 0.25) is 0 Å². The summed E-state index contributed by atoms with van der Waals surface area (Å²) >= 11 is 0. The highest BCUT2D eigenvalue weighted by Crippen LogP contribution is 2.23. The zero-order valence-corrected chi connectivity index (χ0v) is 10.0. The van der Waals surface area contributed by atoms with Crippen LogP contribution < -0.4 is 0 Å². The number of nitrogens with one attached hydrogen (secondary N) is 1. The number of carbonyl (C=O) groups is 1. The minimum atomic E-state index is -4.23. The molecular weight excluding hydrogens is 261 g/mol. The van der Waals surface area contributed by atoms with Gasteiger partial charge < -0.3 is 9.72 Å². The summed E-state index contributed by atoms with van der Waals surface area (Å²) in [6, 6.07) is 4.77. The number of imidazole rings is 1. The molecule has 1 aromatic carbocycles. The van der Waals surface area contributed by atoms with Gasteiger partial charge >= 0.3 is 12.1 Å². The maximum absolute atomic E-state index is 12.1. The fourth-order valence-electron chi connectivity index (χ4n) is 1.74. The van der Waals surface area contributed by atoms with E-state index in [9.17, 15) is 18.0 Å². The quantitative estimate of drug-likeness (QED) is 0.874. The van der Waals surface area contributed by atoms with Gasteiger partial charge in [0.25, 0.3) is 0 Å². The zero-order valence-electron chi connectivity index (χ0n) is 10.0. The van der Waals surface area contributed by atoms with E-state index in [0.29, 0.717) is 11.0 Å². The summed E-state index contributed by atoms with van der Waals surface area (Å²) in [5.74, 6) is -0.372. The first-order chi connectivity index (χ1) is 8.90. The van der Waals surface area contributed by atoms with Crippen LogP contribution in [0.1, 0.15) is 22.6 Å². The Balaban J connectivity index is 2.32. The number of hydrogen-bond acceptors (Lipinski definition) is 3. The Morgan fingerprint density at radius 1 is 1.42 bits per heavy atom. The van der Waals surface area contributed by atoms with Crippen molar-refractivity contribution in [2.24, 2.45) is 0 Å². The number of aromatic amines is 1. The van der Waals surface area contributed by atoms with Crippen LogP contribution in [0.15, 0.2) is 18.2 Å². The van der Waals surface area contributed by atoms with Crippen molar-refractivity contribution >= 4 is 17.0 Å². The lowest BCUT2D eigenvalue weighted by molar-refractivity contribution is -0.134. The maximum atomic E-state index is 12.1. The molecule has 7 heteroatoms. The van der Waals surface area contributed by atoms with E-state index in [0.717, 1.165) is 0 Å². The lowest BCUT2D eigenvalue weighted by atomic mass is 10.2. The van der Waals surface area contributed by atoms with Gasteiger partial charge in [0.1, 0.15) is 11.3 Å². The SMILES string of the molecule is COC(=O)c1cccc2[nH]c(CCC(F)(F)F)nc12. The van der Waals surface area contributed by atoms with E-state index >= 15 is 0 Å². The summed E-state index contributed by atoms with van der Waals surface area (Å²) in [4.78, 5) is 18.3. The molecule has 0 aliphatic heterocycles. The molecule has 0 atom stereocenters. The molecule has 4 nitrogen and oxygen atoms in total. The standard InChI is InChI=1S/C12H11F3N2O2/c1-19-11(18)7-3-2-4-8-10(7)17-9(16-8)5-6-12(13,14)15/h2-4H,5-6H2,1H3,(H,16,17). The second kappa shape index (κ2) is 4.91. The monoisotopic (exact) mass is 272 g/mol. The van der Waals surface area contributed by atoms with Crippen molar-refractivity contribution in [2.45, 2.75) is 19.0 Å². The Labute approximate surface area is 106 Å². The van der Waals surface area contributed by atoms with E-state index in [1.165, 1.54) is 13.2 Å². The third kappa shape index (κ3) is 3.04. The van der Waals surface area contributed by atoms with Crippen LogP contribution in [0.5, 0.6) is 0 Å². The molecule has 2 rings (SSSR count). The minimum Gasteiger partial charge on any atom is -0.465 e. The van der Waals surface area contributed by atoms with E-state index < -0.39 is 18.6 Å². The number of para-hydroxylation sites is 1. The predicted molar refractivity (Wildman–Crippen MR) is 61.8 cm³/mol. The number of carbonyl (C=O) groups excluding carboxylic acids is 1. The molecule has 1 heterocycles. The van der Waals surface area contributed by atoms with Gasteiger partial charge in [-0.1, -0.05) is 6.07 Å². The first kappa shape index (κ1) is 13.4.